The molecular weight excluding hydrogens is 200 g/mol. The molecule has 6 nitrogen and oxygen atoms in total. The molecule has 1 heterocycles. The standard InChI is InChI=1S/C5H9NO2.C4H9NO2/c7-5(8)4-2-1-3-6-4;1-3(5-2)4(6)7/h4,6H,1-3H2,(H,7,8);3,5H,1-2H3,(H,6,7). The quantitative estimate of drug-likeness (QED) is 0.510. The van der Waals surface area contributed by atoms with Crippen molar-refractivity contribution < 1.29 is 19.8 Å². The highest BCUT2D eigenvalue weighted by atomic mass is 16.4. The van der Waals surface area contributed by atoms with Crippen molar-refractivity contribution in [1.82, 2.24) is 10.6 Å². The van der Waals surface area contributed by atoms with Gasteiger partial charge in [-0.05, 0) is 33.4 Å². The van der Waals surface area contributed by atoms with E-state index in [0.717, 1.165) is 19.4 Å². The Morgan fingerprint density at radius 2 is 2.07 bits per heavy atom. The SMILES string of the molecule is CNC(C)C(=O)O.O=C(O)C1CCCN1. The van der Waals surface area contributed by atoms with Gasteiger partial charge in [0.2, 0.25) is 0 Å². The number of carbonyl (C=O) groups is 2. The van der Waals surface area contributed by atoms with E-state index in [1.54, 1.807) is 14.0 Å². The molecule has 4 N–H and O–H groups in total. The largest absolute Gasteiger partial charge is 0.480 e. The number of hydrogen-bond acceptors (Lipinski definition) is 4. The smallest absolute Gasteiger partial charge is 0.320 e. The summed E-state index contributed by atoms with van der Waals surface area (Å²) in [6.45, 7) is 2.44. The molecule has 0 aromatic carbocycles. The predicted molar refractivity (Wildman–Crippen MR) is 54.8 cm³/mol. The summed E-state index contributed by atoms with van der Waals surface area (Å²) in [4.78, 5) is 20.0. The number of likely N-dealkylation sites (N-methyl/N-ethyl adjacent to an activating group) is 1. The molecule has 0 saturated carbocycles. The minimum absolute atomic E-state index is 0.269. The summed E-state index contributed by atoms with van der Waals surface area (Å²) < 4.78 is 0. The molecule has 0 aromatic heterocycles. The lowest BCUT2D eigenvalue weighted by molar-refractivity contribution is -0.139. The van der Waals surface area contributed by atoms with Crippen LogP contribution in [0.3, 0.4) is 0 Å². The van der Waals surface area contributed by atoms with Gasteiger partial charge in [-0.25, -0.2) is 0 Å². The molecule has 2 atom stereocenters. The van der Waals surface area contributed by atoms with E-state index >= 15 is 0 Å². The number of carboxylic acids is 2. The number of hydrogen-bond donors (Lipinski definition) is 4. The first-order chi connectivity index (χ1) is 6.99. The Hall–Kier alpha value is -1.14. The summed E-state index contributed by atoms with van der Waals surface area (Å²) in [7, 11) is 1.61. The fourth-order valence-electron chi connectivity index (χ4n) is 1.02. The van der Waals surface area contributed by atoms with Gasteiger partial charge >= 0.3 is 11.9 Å². The second-order valence-corrected chi connectivity index (χ2v) is 3.34. The third-order valence-electron chi connectivity index (χ3n) is 2.16. The molecule has 1 aliphatic rings. The van der Waals surface area contributed by atoms with Gasteiger partial charge in [0, 0.05) is 0 Å². The van der Waals surface area contributed by atoms with E-state index in [0.29, 0.717) is 0 Å². The zero-order chi connectivity index (χ0) is 11.8. The Balaban J connectivity index is 0.000000265. The Bertz CT molecular complexity index is 214. The fourth-order valence-corrected chi connectivity index (χ4v) is 1.02. The molecule has 0 bridgehead atoms. The Labute approximate surface area is 88.7 Å². The zero-order valence-corrected chi connectivity index (χ0v) is 8.99. The van der Waals surface area contributed by atoms with Gasteiger partial charge in [-0.15, -0.1) is 0 Å². The third-order valence-corrected chi connectivity index (χ3v) is 2.16. The normalized spacial score (nSPS) is 21.3. The topological polar surface area (TPSA) is 98.7 Å². The number of rotatable bonds is 3. The fraction of sp³-hybridized carbons (Fsp3) is 0.778. The van der Waals surface area contributed by atoms with Gasteiger partial charge in [0.25, 0.3) is 0 Å². The van der Waals surface area contributed by atoms with Crippen LogP contribution in [0.2, 0.25) is 0 Å². The molecule has 1 fully saturated rings. The molecule has 0 aliphatic carbocycles. The molecule has 1 rings (SSSR count). The van der Waals surface area contributed by atoms with Gasteiger partial charge in [-0.2, -0.15) is 0 Å². The van der Waals surface area contributed by atoms with Crippen LogP contribution in [0.25, 0.3) is 0 Å². The van der Waals surface area contributed by atoms with Crippen LogP contribution in [-0.4, -0.2) is 47.8 Å². The van der Waals surface area contributed by atoms with Gasteiger partial charge in [0.1, 0.15) is 12.1 Å². The highest BCUT2D eigenvalue weighted by Crippen LogP contribution is 2.03. The molecule has 0 amide bonds. The summed E-state index contributed by atoms with van der Waals surface area (Å²) in [6, 6.07) is -0.699. The molecular formula is C9H18N2O4. The third kappa shape index (κ3) is 6.03. The molecule has 15 heavy (non-hydrogen) atoms. The molecule has 6 heteroatoms. The van der Waals surface area contributed by atoms with Crippen molar-refractivity contribution in [1.29, 1.82) is 0 Å². The van der Waals surface area contributed by atoms with Crippen LogP contribution in [0.5, 0.6) is 0 Å². The lowest BCUT2D eigenvalue weighted by Gasteiger charge is -1.99. The minimum atomic E-state index is -0.817. The van der Waals surface area contributed by atoms with Gasteiger partial charge in [-0.1, -0.05) is 0 Å². The van der Waals surface area contributed by atoms with Crippen LogP contribution < -0.4 is 10.6 Å². The second-order valence-electron chi connectivity index (χ2n) is 3.34. The monoisotopic (exact) mass is 218 g/mol. The average Bonchev–Trinajstić information content (AvgIpc) is 2.70. The maximum Gasteiger partial charge on any atom is 0.320 e. The van der Waals surface area contributed by atoms with Crippen molar-refractivity contribution in [3.8, 4) is 0 Å². The van der Waals surface area contributed by atoms with Crippen molar-refractivity contribution in [2.45, 2.75) is 31.8 Å². The lowest BCUT2D eigenvalue weighted by Crippen LogP contribution is -2.29. The van der Waals surface area contributed by atoms with Crippen LogP contribution in [0.4, 0.5) is 0 Å². The summed E-state index contributed by atoms with van der Waals surface area (Å²) in [5.41, 5.74) is 0. The first-order valence-electron chi connectivity index (χ1n) is 4.85. The van der Waals surface area contributed by atoms with E-state index < -0.39 is 18.0 Å². The highest BCUT2D eigenvalue weighted by Gasteiger charge is 2.20. The van der Waals surface area contributed by atoms with Crippen molar-refractivity contribution in [2.75, 3.05) is 13.6 Å². The van der Waals surface area contributed by atoms with E-state index in [9.17, 15) is 9.59 Å². The van der Waals surface area contributed by atoms with Crippen LogP contribution in [0.15, 0.2) is 0 Å². The predicted octanol–water partition coefficient (Wildman–Crippen LogP) is -0.498. The van der Waals surface area contributed by atoms with E-state index in [1.807, 2.05) is 0 Å². The van der Waals surface area contributed by atoms with Gasteiger partial charge in [0.15, 0.2) is 0 Å². The molecule has 88 valence electrons. The van der Waals surface area contributed by atoms with Gasteiger partial charge < -0.3 is 20.8 Å². The first-order valence-corrected chi connectivity index (χ1v) is 4.85. The summed E-state index contributed by atoms with van der Waals surface area (Å²) in [5.74, 6) is -1.54. The van der Waals surface area contributed by atoms with Crippen molar-refractivity contribution in [3.05, 3.63) is 0 Å². The maximum absolute atomic E-state index is 10.1. The summed E-state index contributed by atoms with van der Waals surface area (Å²) in [5, 5.41) is 21.9. The van der Waals surface area contributed by atoms with E-state index in [1.165, 1.54) is 0 Å². The van der Waals surface area contributed by atoms with Crippen LogP contribution in [0.1, 0.15) is 19.8 Å². The Morgan fingerprint density at radius 1 is 1.47 bits per heavy atom. The van der Waals surface area contributed by atoms with Crippen molar-refractivity contribution in [3.63, 3.8) is 0 Å². The Morgan fingerprint density at radius 3 is 2.20 bits per heavy atom. The molecule has 2 unspecified atom stereocenters. The number of nitrogens with one attached hydrogen (secondary N) is 2. The van der Waals surface area contributed by atoms with E-state index in [2.05, 4.69) is 10.6 Å². The van der Waals surface area contributed by atoms with E-state index in [4.69, 9.17) is 10.2 Å². The Kier molecular flexibility index (Phi) is 6.64. The van der Waals surface area contributed by atoms with Gasteiger partial charge in [-0.3, -0.25) is 9.59 Å². The summed E-state index contributed by atoms with van der Waals surface area (Å²) >= 11 is 0. The maximum atomic E-state index is 10.1. The van der Waals surface area contributed by atoms with E-state index in [-0.39, 0.29) is 6.04 Å². The van der Waals surface area contributed by atoms with Gasteiger partial charge in [0.05, 0.1) is 0 Å². The first kappa shape index (κ1) is 13.9. The lowest BCUT2D eigenvalue weighted by atomic mass is 10.2. The number of carboxylic acid groups (broad SMARTS) is 2. The van der Waals surface area contributed by atoms with Crippen LogP contribution in [0, 0.1) is 0 Å². The van der Waals surface area contributed by atoms with Crippen molar-refractivity contribution in [2.24, 2.45) is 0 Å². The molecule has 0 aromatic rings. The summed E-state index contributed by atoms with van der Waals surface area (Å²) in [6.07, 6.45) is 1.78. The molecule has 1 aliphatic heterocycles. The molecule has 1 saturated heterocycles. The number of aliphatic carboxylic acids is 2. The van der Waals surface area contributed by atoms with Crippen LogP contribution >= 0.6 is 0 Å². The molecule has 0 radical (unpaired) electrons. The molecule has 0 spiro atoms. The highest BCUT2D eigenvalue weighted by molar-refractivity contribution is 5.73. The zero-order valence-electron chi connectivity index (χ0n) is 8.99. The minimum Gasteiger partial charge on any atom is -0.480 e. The van der Waals surface area contributed by atoms with Crippen LogP contribution in [-0.2, 0) is 9.59 Å². The van der Waals surface area contributed by atoms with Crippen molar-refractivity contribution >= 4 is 11.9 Å². The second kappa shape index (κ2) is 7.19. The average molecular weight is 218 g/mol.